The average molecular weight is 150 g/mol. The van der Waals surface area contributed by atoms with Crippen molar-refractivity contribution in [1.29, 1.82) is 0 Å². The fourth-order valence-electron chi connectivity index (χ4n) is 1.14. The Hall–Kier alpha value is -0.920. The van der Waals surface area contributed by atoms with Gasteiger partial charge in [0.1, 0.15) is 0 Å². The highest BCUT2D eigenvalue weighted by atomic mass is 14.8. The summed E-state index contributed by atoms with van der Waals surface area (Å²) >= 11 is 0. The number of rotatable bonds is 0. The number of aryl methyl sites for hydroxylation is 1. The van der Waals surface area contributed by atoms with Crippen molar-refractivity contribution in [3.05, 3.63) is 23.8 Å². The minimum absolute atomic E-state index is 0.109. The van der Waals surface area contributed by atoms with E-state index in [1.54, 1.807) is 12.4 Å². The molecule has 0 fully saturated rings. The Bertz CT molecular complexity index is 248. The molecule has 2 heteroatoms. The third kappa shape index (κ3) is 1.76. The van der Waals surface area contributed by atoms with Gasteiger partial charge in [-0.25, -0.2) is 0 Å². The molecule has 60 valence electrons. The fourth-order valence-corrected chi connectivity index (χ4v) is 1.14. The summed E-state index contributed by atoms with van der Waals surface area (Å²) in [7, 11) is 0. The van der Waals surface area contributed by atoms with Crippen LogP contribution in [0.4, 0.5) is 0 Å². The summed E-state index contributed by atoms with van der Waals surface area (Å²) in [6, 6.07) is 0. The monoisotopic (exact) mass is 150 g/mol. The summed E-state index contributed by atoms with van der Waals surface area (Å²) in [5.41, 5.74) is 2.22. The molecule has 0 atom stereocenters. The van der Waals surface area contributed by atoms with Crippen LogP contribution in [0.1, 0.15) is 32.2 Å². The van der Waals surface area contributed by atoms with Crippen LogP contribution in [0.15, 0.2) is 12.4 Å². The fraction of sp³-hybridized carbons (Fsp3) is 0.556. The van der Waals surface area contributed by atoms with E-state index in [-0.39, 0.29) is 5.41 Å². The lowest BCUT2D eigenvalue weighted by Crippen LogP contribution is -2.15. The molecule has 0 aliphatic carbocycles. The quantitative estimate of drug-likeness (QED) is 0.566. The number of aromatic nitrogens is 2. The van der Waals surface area contributed by atoms with Crippen LogP contribution in [0.25, 0.3) is 0 Å². The molecular formula is C9H14N2. The van der Waals surface area contributed by atoms with Gasteiger partial charge in [0.05, 0.1) is 11.4 Å². The number of hydrogen-bond acceptors (Lipinski definition) is 2. The molecule has 1 heterocycles. The van der Waals surface area contributed by atoms with Gasteiger partial charge in [0.2, 0.25) is 0 Å². The highest BCUT2D eigenvalue weighted by molar-refractivity contribution is 5.17. The number of hydrogen-bond donors (Lipinski definition) is 0. The molecule has 0 saturated heterocycles. The molecule has 0 aromatic carbocycles. The van der Waals surface area contributed by atoms with Crippen molar-refractivity contribution < 1.29 is 0 Å². The van der Waals surface area contributed by atoms with E-state index in [1.165, 1.54) is 0 Å². The Morgan fingerprint density at radius 2 is 1.64 bits per heavy atom. The van der Waals surface area contributed by atoms with Crippen molar-refractivity contribution in [2.24, 2.45) is 0 Å². The summed E-state index contributed by atoms with van der Waals surface area (Å²) in [5, 5.41) is 0. The van der Waals surface area contributed by atoms with Gasteiger partial charge in [0.25, 0.3) is 0 Å². The topological polar surface area (TPSA) is 25.8 Å². The molecular weight excluding hydrogens is 136 g/mol. The molecule has 0 N–H and O–H groups in total. The maximum atomic E-state index is 4.29. The summed E-state index contributed by atoms with van der Waals surface area (Å²) in [6.07, 6.45) is 3.47. The van der Waals surface area contributed by atoms with Crippen LogP contribution in [0.3, 0.4) is 0 Å². The van der Waals surface area contributed by atoms with E-state index in [4.69, 9.17) is 0 Å². The molecule has 11 heavy (non-hydrogen) atoms. The Morgan fingerprint density at radius 3 is 2.00 bits per heavy atom. The summed E-state index contributed by atoms with van der Waals surface area (Å²) in [4.78, 5) is 8.47. The minimum atomic E-state index is 0.109. The maximum Gasteiger partial charge on any atom is 0.0669 e. The van der Waals surface area contributed by atoms with Gasteiger partial charge in [-0.2, -0.15) is 0 Å². The minimum Gasteiger partial charge on any atom is -0.258 e. The van der Waals surface area contributed by atoms with Gasteiger partial charge in [-0.05, 0) is 6.92 Å². The molecule has 0 aliphatic rings. The second kappa shape index (κ2) is 2.61. The maximum absolute atomic E-state index is 4.29. The van der Waals surface area contributed by atoms with Crippen LogP contribution >= 0.6 is 0 Å². The van der Waals surface area contributed by atoms with E-state index in [0.717, 1.165) is 11.4 Å². The Kier molecular flexibility index (Phi) is 1.94. The second-order valence-corrected chi connectivity index (χ2v) is 3.74. The smallest absolute Gasteiger partial charge is 0.0669 e. The molecule has 0 amide bonds. The first-order valence-electron chi connectivity index (χ1n) is 3.80. The van der Waals surface area contributed by atoms with Crippen LogP contribution in [0.2, 0.25) is 0 Å². The van der Waals surface area contributed by atoms with Crippen molar-refractivity contribution in [3.63, 3.8) is 0 Å². The molecule has 1 aromatic heterocycles. The second-order valence-electron chi connectivity index (χ2n) is 3.74. The van der Waals surface area contributed by atoms with Crippen molar-refractivity contribution in [2.45, 2.75) is 33.1 Å². The van der Waals surface area contributed by atoms with Crippen molar-refractivity contribution >= 4 is 0 Å². The molecule has 0 bridgehead atoms. The van der Waals surface area contributed by atoms with Gasteiger partial charge < -0.3 is 0 Å². The highest BCUT2D eigenvalue weighted by Gasteiger charge is 2.17. The van der Waals surface area contributed by atoms with E-state index in [2.05, 4.69) is 30.7 Å². The van der Waals surface area contributed by atoms with Crippen molar-refractivity contribution in [3.8, 4) is 0 Å². The first-order valence-corrected chi connectivity index (χ1v) is 3.80. The van der Waals surface area contributed by atoms with E-state index in [9.17, 15) is 0 Å². The molecule has 1 rings (SSSR count). The van der Waals surface area contributed by atoms with Crippen LogP contribution < -0.4 is 0 Å². The third-order valence-corrected chi connectivity index (χ3v) is 1.59. The van der Waals surface area contributed by atoms with Crippen molar-refractivity contribution in [1.82, 2.24) is 9.97 Å². The predicted octanol–water partition coefficient (Wildman–Crippen LogP) is 2.08. The zero-order chi connectivity index (χ0) is 8.48. The van der Waals surface area contributed by atoms with Gasteiger partial charge in [-0.1, -0.05) is 20.8 Å². The lowest BCUT2D eigenvalue weighted by Gasteiger charge is -2.18. The average Bonchev–Trinajstić information content (AvgIpc) is 1.86. The number of nitrogens with zero attached hydrogens (tertiary/aromatic N) is 2. The molecule has 0 saturated carbocycles. The predicted molar refractivity (Wildman–Crippen MR) is 45.5 cm³/mol. The van der Waals surface area contributed by atoms with E-state index in [1.807, 2.05) is 6.92 Å². The van der Waals surface area contributed by atoms with Gasteiger partial charge in [0, 0.05) is 17.8 Å². The Labute approximate surface area is 67.7 Å². The first-order chi connectivity index (χ1) is 5.02. The van der Waals surface area contributed by atoms with E-state index < -0.39 is 0 Å². The first kappa shape index (κ1) is 8.18. The van der Waals surface area contributed by atoms with Gasteiger partial charge in [-0.3, -0.25) is 9.97 Å². The normalized spacial score (nSPS) is 11.6. The zero-order valence-electron chi connectivity index (χ0n) is 7.55. The van der Waals surface area contributed by atoms with Crippen LogP contribution in [0.5, 0.6) is 0 Å². The van der Waals surface area contributed by atoms with Crippen molar-refractivity contribution in [2.75, 3.05) is 0 Å². The van der Waals surface area contributed by atoms with Crippen LogP contribution in [0, 0.1) is 6.92 Å². The zero-order valence-corrected chi connectivity index (χ0v) is 7.55. The Morgan fingerprint density at radius 1 is 1.09 bits per heavy atom. The largest absolute Gasteiger partial charge is 0.258 e. The van der Waals surface area contributed by atoms with Gasteiger partial charge in [-0.15, -0.1) is 0 Å². The SMILES string of the molecule is Cc1nccnc1C(C)(C)C. The Balaban J connectivity index is 3.14. The summed E-state index contributed by atoms with van der Waals surface area (Å²) in [5.74, 6) is 0. The molecule has 0 radical (unpaired) electrons. The summed E-state index contributed by atoms with van der Waals surface area (Å²) < 4.78 is 0. The third-order valence-electron chi connectivity index (χ3n) is 1.59. The van der Waals surface area contributed by atoms with E-state index in [0.29, 0.717) is 0 Å². The molecule has 0 spiro atoms. The standard InChI is InChI=1S/C9H14N2/c1-7-8(9(2,3)4)11-6-5-10-7/h5-6H,1-4H3. The molecule has 0 unspecified atom stereocenters. The van der Waals surface area contributed by atoms with E-state index >= 15 is 0 Å². The van der Waals surface area contributed by atoms with Crippen LogP contribution in [-0.4, -0.2) is 9.97 Å². The molecule has 1 aromatic rings. The summed E-state index contributed by atoms with van der Waals surface area (Å²) in [6.45, 7) is 8.42. The van der Waals surface area contributed by atoms with Gasteiger partial charge in [0.15, 0.2) is 0 Å². The van der Waals surface area contributed by atoms with Crippen LogP contribution in [-0.2, 0) is 5.41 Å². The lowest BCUT2D eigenvalue weighted by molar-refractivity contribution is 0.559. The van der Waals surface area contributed by atoms with Gasteiger partial charge >= 0.3 is 0 Å². The molecule has 2 nitrogen and oxygen atoms in total. The highest BCUT2D eigenvalue weighted by Crippen LogP contribution is 2.20. The lowest BCUT2D eigenvalue weighted by atomic mass is 9.91. The molecule has 0 aliphatic heterocycles.